The Bertz CT molecular complexity index is 153. The number of ether oxygens (including phenoxy) is 2. The van der Waals surface area contributed by atoms with Crippen LogP contribution in [0.2, 0.25) is 0 Å². The molecule has 1 fully saturated rings. The molecule has 3 heteroatoms. The van der Waals surface area contributed by atoms with Gasteiger partial charge in [0.2, 0.25) is 0 Å². The van der Waals surface area contributed by atoms with E-state index in [1.165, 1.54) is 25.7 Å². The number of hydrogen-bond acceptors (Lipinski definition) is 3. The van der Waals surface area contributed by atoms with Gasteiger partial charge in [0.05, 0.1) is 19.3 Å². The molecule has 90 valence electrons. The maximum Gasteiger partial charge on any atom is 0.0704 e. The molecule has 0 aliphatic heterocycles. The molecule has 0 radical (unpaired) electrons. The smallest absolute Gasteiger partial charge is 0.0704 e. The first-order valence-electron chi connectivity index (χ1n) is 6.28. The molecule has 0 aromatic rings. The Morgan fingerprint density at radius 2 is 1.93 bits per heavy atom. The van der Waals surface area contributed by atoms with E-state index in [-0.39, 0.29) is 0 Å². The van der Waals surface area contributed by atoms with E-state index in [1.54, 1.807) is 0 Å². The van der Waals surface area contributed by atoms with Crippen LogP contribution in [0.5, 0.6) is 0 Å². The van der Waals surface area contributed by atoms with Crippen molar-refractivity contribution in [1.82, 2.24) is 0 Å². The molecule has 1 rings (SSSR count). The van der Waals surface area contributed by atoms with Gasteiger partial charge in [-0.25, -0.2) is 0 Å². The Labute approximate surface area is 93.3 Å². The number of rotatable bonds is 7. The highest BCUT2D eigenvalue weighted by atomic mass is 16.5. The van der Waals surface area contributed by atoms with E-state index in [0.717, 1.165) is 32.8 Å². The zero-order valence-corrected chi connectivity index (χ0v) is 9.91. The molecule has 0 aromatic carbocycles. The Balaban J connectivity index is 2.07. The minimum absolute atomic E-state index is 0.383. The van der Waals surface area contributed by atoms with Crippen LogP contribution in [0.3, 0.4) is 0 Å². The largest absolute Gasteiger partial charge is 0.379 e. The van der Waals surface area contributed by atoms with E-state index >= 15 is 0 Å². The van der Waals surface area contributed by atoms with E-state index in [2.05, 4.69) is 6.92 Å². The SMILES string of the molecule is CCCOCCOC1CCCCC1CN. The standard InChI is InChI=1S/C12H25NO2/c1-2-7-14-8-9-15-12-6-4-3-5-11(12)10-13/h11-12H,2-10,13H2,1H3. The Hall–Kier alpha value is -0.120. The summed E-state index contributed by atoms with van der Waals surface area (Å²) in [7, 11) is 0. The molecule has 0 aromatic heterocycles. The minimum Gasteiger partial charge on any atom is -0.379 e. The first-order chi connectivity index (χ1) is 7.38. The molecular weight excluding hydrogens is 190 g/mol. The van der Waals surface area contributed by atoms with Crippen molar-refractivity contribution in [3.8, 4) is 0 Å². The van der Waals surface area contributed by atoms with Crippen LogP contribution in [0.15, 0.2) is 0 Å². The highest BCUT2D eigenvalue weighted by Crippen LogP contribution is 2.25. The van der Waals surface area contributed by atoms with E-state index in [9.17, 15) is 0 Å². The summed E-state index contributed by atoms with van der Waals surface area (Å²) >= 11 is 0. The predicted molar refractivity (Wildman–Crippen MR) is 61.9 cm³/mol. The van der Waals surface area contributed by atoms with Gasteiger partial charge in [-0.3, -0.25) is 0 Å². The zero-order valence-electron chi connectivity index (χ0n) is 9.91. The average molecular weight is 215 g/mol. The second-order valence-electron chi connectivity index (χ2n) is 4.30. The molecule has 2 unspecified atom stereocenters. The Morgan fingerprint density at radius 1 is 1.13 bits per heavy atom. The molecule has 15 heavy (non-hydrogen) atoms. The van der Waals surface area contributed by atoms with E-state index in [4.69, 9.17) is 15.2 Å². The fourth-order valence-electron chi connectivity index (χ4n) is 2.17. The van der Waals surface area contributed by atoms with Gasteiger partial charge in [-0.2, -0.15) is 0 Å². The second kappa shape index (κ2) is 8.08. The average Bonchev–Trinajstić information content (AvgIpc) is 2.29. The van der Waals surface area contributed by atoms with Crippen molar-refractivity contribution in [3.63, 3.8) is 0 Å². The fourth-order valence-corrected chi connectivity index (χ4v) is 2.17. The molecule has 2 N–H and O–H groups in total. The van der Waals surface area contributed by atoms with Crippen molar-refractivity contribution < 1.29 is 9.47 Å². The molecule has 0 amide bonds. The lowest BCUT2D eigenvalue weighted by atomic mass is 9.86. The summed E-state index contributed by atoms with van der Waals surface area (Å²) in [5, 5.41) is 0. The summed E-state index contributed by atoms with van der Waals surface area (Å²) in [5.41, 5.74) is 5.73. The molecule has 3 nitrogen and oxygen atoms in total. The topological polar surface area (TPSA) is 44.5 Å². The summed E-state index contributed by atoms with van der Waals surface area (Å²) < 4.78 is 11.2. The van der Waals surface area contributed by atoms with Crippen molar-refractivity contribution in [3.05, 3.63) is 0 Å². The highest BCUT2D eigenvalue weighted by Gasteiger charge is 2.24. The molecule has 0 spiro atoms. The van der Waals surface area contributed by atoms with Crippen molar-refractivity contribution in [2.75, 3.05) is 26.4 Å². The van der Waals surface area contributed by atoms with Crippen molar-refractivity contribution in [1.29, 1.82) is 0 Å². The molecule has 0 saturated heterocycles. The van der Waals surface area contributed by atoms with Gasteiger partial charge >= 0.3 is 0 Å². The number of hydrogen-bond donors (Lipinski definition) is 1. The van der Waals surface area contributed by atoms with Crippen LogP contribution in [0.4, 0.5) is 0 Å². The highest BCUT2D eigenvalue weighted by molar-refractivity contribution is 4.76. The van der Waals surface area contributed by atoms with Crippen LogP contribution in [-0.4, -0.2) is 32.5 Å². The summed E-state index contributed by atoms with van der Waals surface area (Å²) in [6.45, 7) is 5.17. The van der Waals surface area contributed by atoms with Crippen LogP contribution >= 0.6 is 0 Å². The summed E-state index contributed by atoms with van der Waals surface area (Å²) in [6.07, 6.45) is 6.47. The van der Waals surface area contributed by atoms with Gasteiger partial charge in [0, 0.05) is 6.61 Å². The predicted octanol–water partition coefficient (Wildman–Crippen LogP) is 1.95. The lowest BCUT2D eigenvalue weighted by Crippen LogP contribution is -2.33. The zero-order chi connectivity index (χ0) is 10.9. The van der Waals surface area contributed by atoms with Gasteiger partial charge < -0.3 is 15.2 Å². The lowest BCUT2D eigenvalue weighted by molar-refractivity contribution is -0.0352. The summed E-state index contributed by atoms with van der Waals surface area (Å²) in [5.74, 6) is 0.574. The minimum atomic E-state index is 0.383. The molecule has 0 heterocycles. The van der Waals surface area contributed by atoms with Gasteiger partial charge in [-0.15, -0.1) is 0 Å². The summed E-state index contributed by atoms with van der Waals surface area (Å²) in [4.78, 5) is 0. The van der Waals surface area contributed by atoms with Crippen LogP contribution < -0.4 is 5.73 Å². The van der Waals surface area contributed by atoms with E-state index in [0.29, 0.717) is 12.0 Å². The van der Waals surface area contributed by atoms with E-state index < -0.39 is 0 Å². The first-order valence-corrected chi connectivity index (χ1v) is 6.28. The van der Waals surface area contributed by atoms with Gasteiger partial charge in [0.25, 0.3) is 0 Å². The maximum atomic E-state index is 5.83. The lowest BCUT2D eigenvalue weighted by Gasteiger charge is -2.30. The quantitative estimate of drug-likeness (QED) is 0.660. The maximum absolute atomic E-state index is 5.83. The molecule has 1 aliphatic carbocycles. The third-order valence-electron chi connectivity index (χ3n) is 3.05. The number of nitrogens with two attached hydrogens (primary N) is 1. The Morgan fingerprint density at radius 3 is 2.67 bits per heavy atom. The normalized spacial score (nSPS) is 26.8. The van der Waals surface area contributed by atoms with E-state index in [1.807, 2.05) is 0 Å². The molecular formula is C12H25NO2. The monoisotopic (exact) mass is 215 g/mol. The summed E-state index contributed by atoms with van der Waals surface area (Å²) in [6, 6.07) is 0. The third kappa shape index (κ3) is 4.96. The molecule has 1 saturated carbocycles. The Kier molecular flexibility index (Phi) is 6.98. The first kappa shape index (κ1) is 12.9. The molecule has 2 atom stereocenters. The second-order valence-corrected chi connectivity index (χ2v) is 4.30. The van der Waals surface area contributed by atoms with Gasteiger partial charge in [-0.1, -0.05) is 19.8 Å². The van der Waals surface area contributed by atoms with Gasteiger partial charge in [-0.05, 0) is 31.7 Å². The van der Waals surface area contributed by atoms with Gasteiger partial charge in [0.1, 0.15) is 0 Å². The van der Waals surface area contributed by atoms with Crippen molar-refractivity contribution in [2.24, 2.45) is 11.7 Å². The van der Waals surface area contributed by atoms with Gasteiger partial charge in [0.15, 0.2) is 0 Å². The molecule has 1 aliphatic rings. The van der Waals surface area contributed by atoms with Crippen LogP contribution in [0.1, 0.15) is 39.0 Å². The van der Waals surface area contributed by atoms with Crippen molar-refractivity contribution >= 4 is 0 Å². The van der Waals surface area contributed by atoms with Crippen LogP contribution in [-0.2, 0) is 9.47 Å². The van der Waals surface area contributed by atoms with Crippen LogP contribution in [0.25, 0.3) is 0 Å². The molecule has 0 bridgehead atoms. The third-order valence-corrected chi connectivity index (χ3v) is 3.05. The fraction of sp³-hybridized carbons (Fsp3) is 1.00. The van der Waals surface area contributed by atoms with Crippen molar-refractivity contribution in [2.45, 2.75) is 45.1 Å². The van der Waals surface area contributed by atoms with Crippen LogP contribution in [0, 0.1) is 5.92 Å².